The second-order valence-electron chi connectivity index (χ2n) is 2.59. The maximum absolute atomic E-state index is 11.5. The van der Waals surface area contributed by atoms with E-state index in [9.17, 15) is 4.79 Å². The Balaban J connectivity index is 2.67. The van der Waals surface area contributed by atoms with Gasteiger partial charge in [0.15, 0.2) is 0 Å². The summed E-state index contributed by atoms with van der Waals surface area (Å²) in [7, 11) is 0. The summed E-state index contributed by atoms with van der Waals surface area (Å²) in [5.41, 5.74) is 0.0357. The molecule has 0 aromatic carbocycles. The van der Waals surface area contributed by atoms with Crippen molar-refractivity contribution in [2.45, 2.75) is 13.5 Å². The van der Waals surface area contributed by atoms with E-state index in [0.717, 1.165) is 13.1 Å². The molecule has 0 aliphatic rings. The van der Waals surface area contributed by atoms with Crippen LogP contribution in [-0.4, -0.2) is 22.6 Å². The number of aromatic nitrogens is 2. The molecule has 0 unspecified atom stereocenters. The van der Waals surface area contributed by atoms with Crippen LogP contribution in [0.3, 0.4) is 0 Å². The summed E-state index contributed by atoms with van der Waals surface area (Å²) in [5, 5.41) is 3.15. The van der Waals surface area contributed by atoms with Crippen molar-refractivity contribution in [3.8, 4) is 0 Å². The first-order chi connectivity index (χ1) is 6.25. The van der Waals surface area contributed by atoms with E-state index in [0.29, 0.717) is 10.1 Å². The average Bonchev–Trinajstić information content (AvgIpc) is 2.13. The molecule has 0 saturated heterocycles. The van der Waals surface area contributed by atoms with Crippen molar-refractivity contribution in [2.24, 2.45) is 0 Å². The average molecular weight is 293 g/mol. The highest BCUT2D eigenvalue weighted by Gasteiger charge is 1.98. The topological polar surface area (TPSA) is 46.9 Å². The van der Waals surface area contributed by atoms with E-state index in [1.165, 1.54) is 0 Å². The Morgan fingerprint density at radius 1 is 1.69 bits per heavy atom. The number of nitrogens with one attached hydrogen (secondary N) is 1. The Hall–Kier alpha value is -0.430. The van der Waals surface area contributed by atoms with E-state index < -0.39 is 0 Å². The first-order valence-corrected chi connectivity index (χ1v) is 5.24. The summed E-state index contributed by atoms with van der Waals surface area (Å²) in [6.45, 7) is 4.44. The summed E-state index contributed by atoms with van der Waals surface area (Å²) in [6, 6.07) is 0. The van der Waals surface area contributed by atoms with Crippen molar-refractivity contribution < 1.29 is 0 Å². The number of halogens is 1. The van der Waals surface area contributed by atoms with E-state index in [-0.39, 0.29) is 5.56 Å². The highest BCUT2D eigenvalue weighted by atomic mass is 127. The summed E-state index contributed by atoms with van der Waals surface area (Å²) in [6.07, 6.45) is 3.15. The third kappa shape index (κ3) is 3.07. The van der Waals surface area contributed by atoms with Gasteiger partial charge >= 0.3 is 0 Å². The van der Waals surface area contributed by atoms with E-state index in [2.05, 4.69) is 10.3 Å². The Morgan fingerprint density at radius 2 is 2.46 bits per heavy atom. The molecule has 0 saturated carbocycles. The number of hydrogen-bond acceptors (Lipinski definition) is 3. The van der Waals surface area contributed by atoms with E-state index in [1.54, 1.807) is 17.1 Å². The van der Waals surface area contributed by atoms with Gasteiger partial charge in [-0.15, -0.1) is 0 Å². The van der Waals surface area contributed by atoms with Crippen LogP contribution >= 0.6 is 22.6 Å². The molecule has 0 spiro atoms. The second kappa shape index (κ2) is 5.33. The van der Waals surface area contributed by atoms with Gasteiger partial charge in [0.25, 0.3) is 5.56 Å². The lowest BCUT2D eigenvalue weighted by Gasteiger charge is -2.04. The van der Waals surface area contributed by atoms with Crippen LogP contribution in [0.25, 0.3) is 0 Å². The fraction of sp³-hybridized carbons (Fsp3) is 0.500. The van der Waals surface area contributed by atoms with Crippen LogP contribution in [-0.2, 0) is 6.54 Å². The molecule has 0 fully saturated rings. The molecule has 0 amide bonds. The van der Waals surface area contributed by atoms with E-state index in [4.69, 9.17) is 0 Å². The summed E-state index contributed by atoms with van der Waals surface area (Å²) in [4.78, 5) is 15.4. The molecule has 0 aliphatic carbocycles. The van der Waals surface area contributed by atoms with Gasteiger partial charge in [-0.2, -0.15) is 0 Å². The second-order valence-corrected chi connectivity index (χ2v) is 3.76. The van der Waals surface area contributed by atoms with Gasteiger partial charge in [0.05, 0.1) is 9.90 Å². The van der Waals surface area contributed by atoms with Gasteiger partial charge in [-0.25, -0.2) is 4.98 Å². The number of rotatable bonds is 4. The van der Waals surface area contributed by atoms with Crippen molar-refractivity contribution in [1.82, 2.24) is 14.9 Å². The van der Waals surface area contributed by atoms with Gasteiger partial charge in [0.1, 0.15) is 0 Å². The van der Waals surface area contributed by atoms with Gasteiger partial charge in [0.2, 0.25) is 0 Å². The normalized spacial score (nSPS) is 10.3. The van der Waals surface area contributed by atoms with Crippen LogP contribution in [0.4, 0.5) is 0 Å². The summed E-state index contributed by atoms with van der Waals surface area (Å²) < 4.78 is 2.28. The van der Waals surface area contributed by atoms with Gasteiger partial charge in [-0.05, 0) is 29.1 Å². The predicted molar refractivity (Wildman–Crippen MR) is 59.8 cm³/mol. The number of likely N-dealkylation sites (N-methyl/N-ethyl adjacent to an activating group) is 1. The number of hydrogen-bond donors (Lipinski definition) is 1. The van der Waals surface area contributed by atoms with Crippen LogP contribution in [0, 0.1) is 3.57 Å². The van der Waals surface area contributed by atoms with Gasteiger partial charge in [-0.3, -0.25) is 9.36 Å². The first-order valence-electron chi connectivity index (χ1n) is 4.16. The smallest absolute Gasteiger partial charge is 0.266 e. The predicted octanol–water partition coefficient (Wildman–Crippen LogP) is 0.457. The van der Waals surface area contributed by atoms with Gasteiger partial charge in [0, 0.05) is 19.3 Å². The lowest BCUT2D eigenvalue weighted by Crippen LogP contribution is -2.28. The molecular weight excluding hydrogens is 281 g/mol. The molecule has 0 radical (unpaired) electrons. The molecule has 0 aliphatic heterocycles. The van der Waals surface area contributed by atoms with Crippen molar-refractivity contribution in [3.63, 3.8) is 0 Å². The lowest BCUT2D eigenvalue weighted by atomic mass is 10.5. The van der Waals surface area contributed by atoms with Crippen molar-refractivity contribution in [1.29, 1.82) is 0 Å². The Morgan fingerprint density at radius 3 is 3.15 bits per heavy atom. The van der Waals surface area contributed by atoms with Crippen LogP contribution in [0.2, 0.25) is 0 Å². The minimum absolute atomic E-state index is 0.0357. The Kier molecular flexibility index (Phi) is 4.37. The number of nitrogens with zero attached hydrogens (tertiary/aromatic N) is 2. The molecule has 0 bridgehead atoms. The van der Waals surface area contributed by atoms with Crippen molar-refractivity contribution in [2.75, 3.05) is 13.1 Å². The molecule has 1 aromatic heterocycles. The zero-order valence-electron chi connectivity index (χ0n) is 7.46. The highest BCUT2D eigenvalue weighted by Crippen LogP contribution is 1.92. The molecule has 1 heterocycles. The molecule has 1 rings (SSSR count). The van der Waals surface area contributed by atoms with E-state index >= 15 is 0 Å². The molecular formula is C8H12IN3O. The van der Waals surface area contributed by atoms with Crippen LogP contribution in [0.15, 0.2) is 17.3 Å². The van der Waals surface area contributed by atoms with Crippen LogP contribution in [0.5, 0.6) is 0 Å². The molecule has 5 heteroatoms. The highest BCUT2D eigenvalue weighted by molar-refractivity contribution is 14.1. The SMILES string of the molecule is CCNCCn1cncc(I)c1=O. The maximum atomic E-state index is 11.5. The fourth-order valence-corrected chi connectivity index (χ4v) is 1.43. The van der Waals surface area contributed by atoms with Gasteiger partial charge < -0.3 is 5.32 Å². The minimum Gasteiger partial charge on any atom is -0.315 e. The fourth-order valence-electron chi connectivity index (χ4n) is 0.960. The third-order valence-electron chi connectivity index (χ3n) is 1.64. The molecule has 4 nitrogen and oxygen atoms in total. The molecule has 72 valence electrons. The Bertz CT molecular complexity index is 323. The van der Waals surface area contributed by atoms with Gasteiger partial charge in [-0.1, -0.05) is 6.92 Å². The zero-order chi connectivity index (χ0) is 9.68. The minimum atomic E-state index is 0.0357. The first kappa shape index (κ1) is 10.6. The molecule has 13 heavy (non-hydrogen) atoms. The Labute approximate surface area is 90.5 Å². The summed E-state index contributed by atoms with van der Waals surface area (Å²) >= 11 is 1.99. The lowest BCUT2D eigenvalue weighted by molar-refractivity contribution is 0.589. The molecule has 1 aromatic rings. The quantitative estimate of drug-likeness (QED) is 0.648. The largest absolute Gasteiger partial charge is 0.315 e. The third-order valence-corrected chi connectivity index (χ3v) is 2.38. The van der Waals surface area contributed by atoms with E-state index in [1.807, 2.05) is 29.5 Å². The van der Waals surface area contributed by atoms with Crippen molar-refractivity contribution >= 4 is 22.6 Å². The van der Waals surface area contributed by atoms with Crippen LogP contribution in [0.1, 0.15) is 6.92 Å². The molecule has 0 atom stereocenters. The summed E-state index contributed by atoms with van der Waals surface area (Å²) in [5.74, 6) is 0. The van der Waals surface area contributed by atoms with Crippen molar-refractivity contribution in [3.05, 3.63) is 26.4 Å². The molecule has 1 N–H and O–H groups in total. The standard InChI is InChI=1S/C8H12IN3O/c1-2-10-3-4-12-6-11-5-7(9)8(12)13/h5-6,10H,2-4H2,1H3. The monoisotopic (exact) mass is 293 g/mol. The van der Waals surface area contributed by atoms with Crippen LogP contribution < -0.4 is 10.9 Å². The maximum Gasteiger partial charge on any atom is 0.266 e. The zero-order valence-corrected chi connectivity index (χ0v) is 9.61.